The number of hydrogen-bond donors (Lipinski definition) is 2. The number of amides is 2. The van der Waals surface area contributed by atoms with E-state index in [0.717, 1.165) is 11.1 Å². The number of halogens is 1. The molecule has 0 bridgehead atoms. The lowest BCUT2D eigenvalue weighted by Gasteiger charge is -2.24. The average Bonchev–Trinajstić information content (AvgIpc) is 2.86. The molecule has 1 atom stereocenters. The number of aromatic nitrogens is 1. The van der Waals surface area contributed by atoms with E-state index in [9.17, 15) is 19.2 Å². The lowest BCUT2D eigenvalue weighted by Crippen LogP contribution is -2.36. The zero-order valence-corrected chi connectivity index (χ0v) is 24.1. The fourth-order valence-electron chi connectivity index (χ4n) is 4.66. The summed E-state index contributed by atoms with van der Waals surface area (Å²) in [5, 5.41) is 6.25. The third-order valence-corrected chi connectivity index (χ3v) is 6.72. The lowest BCUT2D eigenvalue weighted by molar-refractivity contribution is -0.119. The zero-order valence-electron chi connectivity index (χ0n) is 23.3. The number of hydrogen-bond acceptors (Lipinski definition) is 5. The highest BCUT2D eigenvalue weighted by molar-refractivity contribution is 6.31. The highest BCUT2D eigenvalue weighted by Crippen LogP contribution is 2.31. The van der Waals surface area contributed by atoms with Crippen LogP contribution in [-0.2, 0) is 16.0 Å². The van der Waals surface area contributed by atoms with Crippen molar-refractivity contribution >= 4 is 35.1 Å². The van der Waals surface area contributed by atoms with E-state index in [4.69, 9.17) is 16.3 Å². The van der Waals surface area contributed by atoms with E-state index >= 15 is 0 Å². The van der Waals surface area contributed by atoms with Crippen LogP contribution in [0, 0.1) is 5.92 Å². The van der Waals surface area contributed by atoms with Gasteiger partial charge < -0.3 is 19.9 Å². The van der Waals surface area contributed by atoms with Crippen molar-refractivity contribution < 1.29 is 19.1 Å². The minimum Gasteiger partial charge on any atom is -0.456 e. The molecule has 4 rings (SSSR count). The molecule has 1 aromatic heterocycles. The largest absolute Gasteiger partial charge is 0.456 e. The number of nitrogens with zero attached hydrogens (tertiary/aromatic N) is 1. The quantitative estimate of drug-likeness (QED) is 0.378. The van der Waals surface area contributed by atoms with E-state index in [-0.39, 0.29) is 11.8 Å². The standard InChI is InChI=1S/C31H34ClN3O5/c1-18(2)14-26(29(38)34-22-10-7-20(8-11-22)30(39)40-31(3,4)5)35-17-25-24(16-27(35)36)23-15-21(32)9-6-19(23)12-13-33-28(25)37/h6-11,15-18,26H,12-14H2,1-5H3,(H,33,37)(H,34,38). The van der Waals surface area contributed by atoms with Crippen LogP contribution in [0.2, 0.25) is 5.02 Å². The molecule has 0 radical (unpaired) electrons. The van der Waals surface area contributed by atoms with Crippen molar-refractivity contribution in [3.63, 3.8) is 0 Å². The number of pyridine rings is 1. The molecular weight excluding hydrogens is 530 g/mol. The molecule has 0 spiro atoms. The maximum atomic E-state index is 13.5. The number of benzene rings is 2. The Balaban J connectivity index is 1.68. The summed E-state index contributed by atoms with van der Waals surface area (Å²) in [5.74, 6) is -1.12. The van der Waals surface area contributed by atoms with Gasteiger partial charge in [-0.1, -0.05) is 31.5 Å². The molecule has 0 fully saturated rings. The number of fused-ring (bicyclic) bond motifs is 3. The van der Waals surface area contributed by atoms with E-state index in [2.05, 4.69) is 10.6 Å². The summed E-state index contributed by atoms with van der Waals surface area (Å²) in [7, 11) is 0. The summed E-state index contributed by atoms with van der Waals surface area (Å²) in [6.07, 6.45) is 2.44. The summed E-state index contributed by atoms with van der Waals surface area (Å²) in [5.41, 5.74) is 2.27. The molecule has 0 saturated heterocycles. The van der Waals surface area contributed by atoms with Crippen LogP contribution in [0.5, 0.6) is 0 Å². The molecular formula is C31H34ClN3O5. The van der Waals surface area contributed by atoms with Crippen LogP contribution in [0.4, 0.5) is 5.69 Å². The third kappa shape index (κ3) is 6.80. The van der Waals surface area contributed by atoms with Gasteiger partial charge in [0, 0.05) is 35.1 Å². The second-order valence-electron chi connectivity index (χ2n) is 11.4. The normalized spacial score (nSPS) is 13.8. The predicted octanol–water partition coefficient (Wildman–Crippen LogP) is 5.64. The van der Waals surface area contributed by atoms with E-state index in [0.29, 0.717) is 46.8 Å². The number of ether oxygens (including phenoxy) is 1. The molecule has 3 aromatic rings. The second-order valence-corrected chi connectivity index (χ2v) is 11.8. The Morgan fingerprint density at radius 1 is 1.02 bits per heavy atom. The zero-order chi connectivity index (χ0) is 29.2. The summed E-state index contributed by atoms with van der Waals surface area (Å²) in [4.78, 5) is 52.5. The maximum Gasteiger partial charge on any atom is 0.338 e. The fraction of sp³-hybridized carbons (Fsp3) is 0.355. The first kappa shape index (κ1) is 29.1. The molecule has 2 heterocycles. The Bertz CT molecular complexity index is 1500. The Labute approximate surface area is 238 Å². The minimum absolute atomic E-state index is 0.0764. The van der Waals surface area contributed by atoms with E-state index in [1.807, 2.05) is 19.9 Å². The third-order valence-electron chi connectivity index (χ3n) is 6.49. The summed E-state index contributed by atoms with van der Waals surface area (Å²) < 4.78 is 6.72. The van der Waals surface area contributed by atoms with Crippen LogP contribution >= 0.6 is 11.6 Å². The molecule has 210 valence electrons. The fourth-order valence-corrected chi connectivity index (χ4v) is 4.84. The number of carbonyl (C=O) groups excluding carboxylic acids is 3. The topological polar surface area (TPSA) is 106 Å². The smallest absolute Gasteiger partial charge is 0.338 e. The van der Waals surface area contributed by atoms with Gasteiger partial charge >= 0.3 is 5.97 Å². The molecule has 2 N–H and O–H groups in total. The monoisotopic (exact) mass is 563 g/mol. The molecule has 8 nitrogen and oxygen atoms in total. The Morgan fingerprint density at radius 3 is 2.38 bits per heavy atom. The molecule has 9 heteroatoms. The van der Waals surface area contributed by atoms with Gasteiger partial charge in [-0.3, -0.25) is 14.4 Å². The molecule has 1 unspecified atom stereocenters. The van der Waals surface area contributed by atoms with Crippen molar-refractivity contribution in [2.75, 3.05) is 11.9 Å². The van der Waals surface area contributed by atoms with Crippen LogP contribution in [0.15, 0.2) is 59.5 Å². The highest BCUT2D eigenvalue weighted by atomic mass is 35.5. The first-order valence-corrected chi connectivity index (χ1v) is 13.7. The Kier molecular flexibility index (Phi) is 8.49. The van der Waals surface area contributed by atoms with Gasteiger partial charge in [-0.25, -0.2) is 4.79 Å². The number of anilines is 1. The average molecular weight is 564 g/mol. The number of nitrogens with one attached hydrogen (secondary N) is 2. The molecule has 2 aromatic carbocycles. The van der Waals surface area contributed by atoms with Gasteiger partial charge in [-0.15, -0.1) is 0 Å². The van der Waals surface area contributed by atoms with Gasteiger partial charge in [0.15, 0.2) is 0 Å². The van der Waals surface area contributed by atoms with Gasteiger partial charge in [0.1, 0.15) is 11.6 Å². The Morgan fingerprint density at radius 2 is 1.73 bits per heavy atom. The van der Waals surface area contributed by atoms with Crippen LogP contribution in [-0.4, -0.2) is 34.5 Å². The first-order valence-electron chi connectivity index (χ1n) is 13.3. The lowest BCUT2D eigenvalue weighted by atomic mass is 9.92. The number of carbonyl (C=O) groups is 3. The van der Waals surface area contributed by atoms with Crippen LogP contribution in [0.25, 0.3) is 11.1 Å². The first-order chi connectivity index (χ1) is 18.8. The van der Waals surface area contributed by atoms with E-state index < -0.39 is 29.1 Å². The molecule has 1 aliphatic rings. The van der Waals surface area contributed by atoms with Crippen molar-refractivity contribution in [1.82, 2.24) is 9.88 Å². The van der Waals surface area contributed by atoms with Crippen molar-refractivity contribution in [2.24, 2.45) is 5.92 Å². The number of rotatable bonds is 6. The van der Waals surface area contributed by atoms with Crippen LogP contribution in [0.1, 0.15) is 73.4 Å². The number of esters is 1. The highest BCUT2D eigenvalue weighted by Gasteiger charge is 2.27. The SMILES string of the molecule is CC(C)CC(C(=O)Nc1ccc(C(=O)OC(C)(C)C)cc1)n1cc2c(cc1=O)-c1cc(Cl)ccc1CCNC2=O. The van der Waals surface area contributed by atoms with Gasteiger partial charge in [0.05, 0.1) is 11.1 Å². The molecule has 40 heavy (non-hydrogen) atoms. The van der Waals surface area contributed by atoms with Crippen molar-refractivity contribution in [1.29, 1.82) is 0 Å². The Hall–Kier alpha value is -3.91. The van der Waals surface area contributed by atoms with Gasteiger partial charge in [0.2, 0.25) is 5.91 Å². The maximum absolute atomic E-state index is 13.5. The molecule has 1 aliphatic heterocycles. The molecule has 2 amide bonds. The van der Waals surface area contributed by atoms with Crippen molar-refractivity contribution in [3.05, 3.63) is 86.8 Å². The van der Waals surface area contributed by atoms with E-state index in [1.165, 1.54) is 16.8 Å². The van der Waals surface area contributed by atoms with Gasteiger partial charge in [-0.2, -0.15) is 0 Å². The van der Waals surface area contributed by atoms with Crippen molar-refractivity contribution in [2.45, 2.75) is 59.1 Å². The van der Waals surface area contributed by atoms with Gasteiger partial charge in [-0.05, 0) is 87.1 Å². The summed E-state index contributed by atoms with van der Waals surface area (Å²) >= 11 is 6.26. The molecule has 0 aliphatic carbocycles. The van der Waals surface area contributed by atoms with Crippen LogP contribution in [0.3, 0.4) is 0 Å². The summed E-state index contributed by atoms with van der Waals surface area (Å²) in [6, 6.07) is 12.4. The van der Waals surface area contributed by atoms with Crippen LogP contribution < -0.4 is 16.2 Å². The molecule has 0 saturated carbocycles. The second kappa shape index (κ2) is 11.7. The van der Waals surface area contributed by atoms with Gasteiger partial charge in [0.25, 0.3) is 11.5 Å². The van der Waals surface area contributed by atoms with Crippen molar-refractivity contribution in [3.8, 4) is 11.1 Å². The van der Waals surface area contributed by atoms with E-state index in [1.54, 1.807) is 57.2 Å². The summed E-state index contributed by atoms with van der Waals surface area (Å²) in [6.45, 7) is 9.72. The minimum atomic E-state index is -0.875. The predicted molar refractivity (Wildman–Crippen MR) is 156 cm³/mol.